The molecule has 1 saturated heterocycles. The van der Waals surface area contributed by atoms with Gasteiger partial charge in [0, 0.05) is 0 Å². The summed E-state index contributed by atoms with van der Waals surface area (Å²) in [5.41, 5.74) is 5.48. The number of nitrogens with two attached hydrogens (primary N) is 1. The van der Waals surface area contributed by atoms with Crippen LogP contribution in [0.5, 0.6) is 0 Å². The first kappa shape index (κ1) is 14.6. The van der Waals surface area contributed by atoms with E-state index in [4.69, 9.17) is 18.0 Å². The van der Waals surface area contributed by atoms with Crippen LogP contribution in [-0.2, 0) is 10.1 Å². The third kappa shape index (κ3) is 5.59. The Hall–Kier alpha value is -0.480. The molecule has 1 fully saturated rings. The number of thiocarbonyl (C=S) groups is 1. The zero-order chi connectivity index (χ0) is 13.1. The van der Waals surface area contributed by atoms with Crippen molar-refractivity contribution in [1.29, 1.82) is 0 Å². The number of quaternary nitrogens is 1. The summed E-state index contributed by atoms with van der Waals surface area (Å²) in [6.45, 7) is 3.05. The van der Waals surface area contributed by atoms with E-state index in [0.29, 0.717) is 31.3 Å². The first-order chi connectivity index (χ1) is 7.78. The first-order valence-electron chi connectivity index (χ1n) is 5.27. The minimum atomic E-state index is -4.36. The second kappa shape index (κ2) is 5.91. The molecule has 0 saturated carbocycles. The Labute approximate surface area is 106 Å². The van der Waals surface area contributed by atoms with Crippen LogP contribution in [0.1, 0.15) is 0 Å². The standard InChI is InChI=1S/C8H17N3O4S2/c9-8(16)11-3-1-10(2-4-11)5-7(12)6-17(13,14)15/h7,12H,1-6H2,(H2,9,16)(H,13,14,15)/t7-/m1/s1. The summed E-state index contributed by atoms with van der Waals surface area (Å²) in [6, 6.07) is 0. The smallest absolute Gasteiger partial charge is 0.166 e. The zero-order valence-electron chi connectivity index (χ0n) is 9.33. The van der Waals surface area contributed by atoms with Crippen LogP contribution in [-0.4, -0.2) is 72.7 Å². The van der Waals surface area contributed by atoms with Gasteiger partial charge in [-0.25, -0.2) is 8.42 Å². The van der Waals surface area contributed by atoms with Gasteiger partial charge in [0.1, 0.15) is 12.6 Å². The van der Waals surface area contributed by atoms with E-state index in [0.717, 1.165) is 4.90 Å². The van der Waals surface area contributed by atoms with Gasteiger partial charge < -0.3 is 25.2 Å². The van der Waals surface area contributed by atoms with Gasteiger partial charge >= 0.3 is 0 Å². The highest BCUT2D eigenvalue weighted by atomic mass is 32.2. The lowest BCUT2D eigenvalue weighted by molar-refractivity contribution is -0.906. The van der Waals surface area contributed by atoms with Crippen molar-refractivity contribution < 1.29 is 23.0 Å². The minimum absolute atomic E-state index is 0.257. The van der Waals surface area contributed by atoms with E-state index < -0.39 is 22.0 Å². The molecule has 4 N–H and O–H groups in total. The van der Waals surface area contributed by atoms with Gasteiger partial charge in [0.05, 0.1) is 42.1 Å². The van der Waals surface area contributed by atoms with Crippen LogP contribution >= 0.6 is 12.2 Å². The molecule has 1 atom stereocenters. The zero-order valence-corrected chi connectivity index (χ0v) is 11.0. The Bertz CT molecular complexity index is 365. The van der Waals surface area contributed by atoms with Gasteiger partial charge in [-0.3, -0.25) is 0 Å². The number of aliphatic hydroxyl groups excluding tert-OH is 1. The molecule has 100 valence electrons. The maximum Gasteiger partial charge on any atom is 0.166 e. The fourth-order valence-corrected chi connectivity index (χ4v) is 2.65. The third-order valence-electron chi connectivity index (χ3n) is 2.70. The number of nitrogens with one attached hydrogen (secondary N) is 1. The molecule has 0 aromatic carbocycles. The molecule has 0 radical (unpaired) electrons. The Balaban J connectivity index is 2.33. The molecule has 0 bridgehead atoms. The highest BCUT2D eigenvalue weighted by Gasteiger charge is 2.23. The van der Waals surface area contributed by atoms with Crippen molar-refractivity contribution in [1.82, 2.24) is 4.90 Å². The number of hydrogen-bond donors (Lipinski definition) is 3. The normalized spacial score (nSPS) is 20.2. The molecule has 1 aliphatic rings. The number of hydrogen-bond acceptors (Lipinski definition) is 5. The Morgan fingerprint density at radius 2 is 2.06 bits per heavy atom. The second-order valence-corrected chi connectivity index (χ2v) is 6.02. The molecule has 0 aromatic heterocycles. The molecule has 17 heavy (non-hydrogen) atoms. The molecule has 0 amide bonds. The van der Waals surface area contributed by atoms with Gasteiger partial charge in [-0.15, -0.1) is 0 Å². The van der Waals surface area contributed by atoms with E-state index in [2.05, 4.69) is 0 Å². The summed E-state index contributed by atoms with van der Waals surface area (Å²) >= 11 is 4.84. The van der Waals surface area contributed by atoms with Crippen LogP contribution in [0.2, 0.25) is 0 Å². The lowest BCUT2D eigenvalue weighted by atomic mass is 10.3. The van der Waals surface area contributed by atoms with Crippen LogP contribution in [0.3, 0.4) is 0 Å². The second-order valence-electron chi connectivity index (χ2n) is 4.16. The van der Waals surface area contributed by atoms with Crippen molar-refractivity contribution in [2.24, 2.45) is 5.73 Å². The van der Waals surface area contributed by atoms with Crippen LogP contribution in [0.4, 0.5) is 0 Å². The molecular weight excluding hydrogens is 266 g/mol. The van der Waals surface area contributed by atoms with E-state index in [-0.39, 0.29) is 6.54 Å². The quantitative estimate of drug-likeness (QED) is 0.360. The van der Waals surface area contributed by atoms with Gasteiger partial charge in [0.25, 0.3) is 0 Å². The average molecular weight is 283 g/mol. The summed E-state index contributed by atoms with van der Waals surface area (Å²) in [5.74, 6) is -0.727. The van der Waals surface area contributed by atoms with E-state index >= 15 is 0 Å². The SMILES string of the molecule is NC(=S)N1CC[NH+](C[C@@H](O)CS(=O)(=O)[O-])CC1. The average Bonchev–Trinajstić information content (AvgIpc) is 2.15. The maximum absolute atomic E-state index is 10.5. The van der Waals surface area contributed by atoms with Gasteiger partial charge in [0.2, 0.25) is 0 Å². The molecule has 1 aliphatic heterocycles. The monoisotopic (exact) mass is 283 g/mol. The Morgan fingerprint density at radius 1 is 1.53 bits per heavy atom. The molecule has 0 spiro atoms. The summed E-state index contributed by atoms with van der Waals surface area (Å²) in [5, 5.41) is 9.80. The van der Waals surface area contributed by atoms with Gasteiger partial charge in [-0.2, -0.15) is 0 Å². The van der Waals surface area contributed by atoms with Crippen molar-refractivity contribution in [3.63, 3.8) is 0 Å². The molecular formula is C8H17N3O4S2. The molecule has 9 heteroatoms. The van der Waals surface area contributed by atoms with Gasteiger partial charge in [-0.1, -0.05) is 0 Å². The summed E-state index contributed by atoms with van der Waals surface area (Å²) in [7, 11) is -4.36. The van der Waals surface area contributed by atoms with Gasteiger partial charge in [0.15, 0.2) is 5.11 Å². The fourth-order valence-electron chi connectivity index (χ4n) is 1.88. The van der Waals surface area contributed by atoms with Crippen LogP contribution in [0, 0.1) is 0 Å². The minimum Gasteiger partial charge on any atom is -0.748 e. The molecule has 7 nitrogen and oxygen atoms in total. The molecule has 0 aromatic rings. The predicted octanol–water partition coefficient (Wildman–Crippen LogP) is -3.66. The number of nitrogens with zero attached hydrogens (tertiary/aromatic N) is 1. The van der Waals surface area contributed by atoms with E-state index in [1.54, 1.807) is 0 Å². The fraction of sp³-hybridized carbons (Fsp3) is 0.875. The van der Waals surface area contributed by atoms with Crippen molar-refractivity contribution in [3.05, 3.63) is 0 Å². The van der Waals surface area contributed by atoms with Gasteiger partial charge in [-0.05, 0) is 12.2 Å². The topological polar surface area (TPSA) is 111 Å². The number of rotatable bonds is 4. The molecule has 1 rings (SSSR count). The lowest BCUT2D eigenvalue weighted by Crippen LogP contribution is -3.16. The highest BCUT2D eigenvalue weighted by molar-refractivity contribution is 7.85. The van der Waals surface area contributed by atoms with E-state index in [1.165, 1.54) is 0 Å². The lowest BCUT2D eigenvalue weighted by Gasteiger charge is -2.33. The van der Waals surface area contributed by atoms with Crippen LogP contribution in [0.25, 0.3) is 0 Å². The van der Waals surface area contributed by atoms with Crippen molar-refractivity contribution in [2.75, 3.05) is 38.5 Å². The Morgan fingerprint density at radius 3 is 2.47 bits per heavy atom. The van der Waals surface area contributed by atoms with E-state index in [1.807, 2.05) is 4.90 Å². The van der Waals surface area contributed by atoms with Crippen molar-refractivity contribution in [3.8, 4) is 0 Å². The first-order valence-corrected chi connectivity index (χ1v) is 7.26. The van der Waals surface area contributed by atoms with Crippen molar-refractivity contribution >= 4 is 27.4 Å². The van der Waals surface area contributed by atoms with E-state index in [9.17, 15) is 18.1 Å². The summed E-state index contributed by atoms with van der Waals surface area (Å²) < 4.78 is 31.4. The molecule has 0 aliphatic carbocycles. The highest BCUT2D eigenvalue weighted by Crippen LogP contribution is 1.91. The third-order valence-corrected chi connectivity index (χ3v) is 3.75. The van der Waals surface area contributed by atoms with Crippen molar-refractivity contribution in [2.45, 2.75) is 6.10 Å². The van der Waals surface area contributed by atoms with Crippen LogP contribution < -0.4 is 10.6 Å². The Kier molecular flexibility index (Phi) is 5.07. The van der Waals surface area contributed by atoms with Crippen LogP contribution in [0.15, 0.2) is 0 Å². The summed E-state index contributed by atoms with van der Waals surface area (Å²) in [4.78, 5) is 2.91. The largest absolute Gasteiger partial charge is 0.748 e. The predicted molar refractivity (Wildman–Crippen MR) is 64.5 cm³/mol. The molecule has 1 heterocycles. The number of piperazine rings is 1. The maximum atomic E-state index is 10.5. The summed E-state index contributed by atoms with van der Waals surface area (Å²) in [6.07, 6.45) is -1.11. The number of aliphatic hydroxyl groups is 1. The molecule has 0 unspecified atom stereocenters.